The van der Waals surface area contributed by atoms with E-state index in [0.717, 1.165) is 15.7 Å². The van der Waals surface area contributed by atoms with Gasteiger partial charge in [-0.1, -0.05) is 36.4 Å². The molecular weight excluding hydrogens is 310 g/mol. The van der Waals surface area contributed by atoms with Gasteiger partial charge < -0.3 is 4.74 Å². The van der Waals surface area contributed by atoms with Gasteiger partial charge in [0.1, 0.15) is 12.0 Å². The second kappa shape index (κ2) is 5.16. The number of imide groups is 1. The Morgan fingerprint density at radius 1 is 1.12 bits per heavy atom. The van der Waals surface area contributed by atoms with Crippen LogP contribution in [0.5, 0.6) is 0 Å². The Morgan fingerprint density at radius 3 is 2.67 bits per heavy atom. The Morgan fingerprint density at radius 2 is 1.88 bits per heavy atom. The minimum Gasteiger partial charge on any atom is -0.464 e. The maximum atomic E-state index is 12.8. The van der Waals surface area contributed by atoms with Gasteiger partial charge in [-0.3, -0.25) is 15.0 Å². The molecule has 2 aliphatic heterocycles. The van der Waals surface area contributed by atoms with Crippen molar-refractivity contribution in [2.75, 3.05) is 12.0 Å². The first kappa shape index (κ1) is 14.4. The fourth-order valence-corrected chi connectivity index (χ4v) is 3.20. The molecule has 0 aliphatic carbocycles. The van der Waals surface area contributed by atoms with Crippen molar-refractivity contribution in [3.8, 4) is 0 Å². The van der Waals surface area contributed by atoms with Crippen molar-refractivity contribution in [3.05, 3.63) is 42.5 Å². The molecule has 0 spiro atoms. The highest BCUT2D eigenvalue weighted by atomic mass is 16.5. The summed E-state index contributed by atoms with van der Waals surface area (Å²) in [5, 5.41) is 5.52. The summed E-state index contributed by atoms with van der Waals surface area (Å²) in [4.78, 5) is 38.5. The minimum atomic E-state index is -0.955. The molecule has 2 atom stereocenters. The summed E-state index contributed by atoms with van der Waals surface area (Å²) in [6.45, 7) is 0. The summed E-state index contributed by atoms with van der Waals surface area (Å²) in [5.74, 6) is -2.57. The van der Waals surface area contributed by atoms with E-state index in [1.165, 1.54) is 7.11 Å². The molecule has 2 amide bonds. The number of rotatable bonds is 2. The van der Waals surface area contributed by atoms with E-state index in [4.69, 9.17) is 0 Å². The molecule has 7 nitrogen and oxygen atoms in total. The normalized spacial score (nSPS) is 22.4. The van der Waals surface area contributed by atoms with Crippen LogP contribution in [0.3, 0.4) is 0 Å². The van der Waals surface area contributed by atoms with Gasteiger partial charge in [0.05, 0.1) is 12.8 Å². The van der Waals surface area contributed by atoms with Crippen molar-refractivity contribution in [2.45, 2.75) is 6.04 Å². The van der Waals surface area contributed by atoms with Crippen molar-refractivity contribution < 1.29 is 19.1 Å². The van der Waals surface area contributed by atoms with Gasteiger partial charge in [0.2, 0.25) is 5.91 Å². The smallest absolute Gasteiger partial charge is 0.355 e. The van der Waals surface area contributed by atoms with Crippen LogP contribution in [0.1, 0.15) is 0 Å². The Bertz CT molecular complexity index is 916. The number of carbonyl (C=O) groups is 3. The summed E-state index contributed by atoms with van der Waals surface area (Å²) >= 11 is 0. The molecule has 2 aromatic carbocycles. The number of hydrazone groups is 1. The number of benzene rings is 2. The van der Waals surface area contributed by atoms with Gasteiger partial charge in [0.15, 0.2) is 5.71 Å². The molecule has 7 heteroatoms. The van der Waals surface area contributed by atoms with Crippen molar-refractivity contribution in [2.24, 2.45) is 11.0 Å². The number of methoxy groups -OCH3 is 1. The SMILES string of the molecule is COC(=O)C1=NN[C@H]2C(=O)N(c3cccc4ccccc34)C(=O)[C@@H]12. The second-order valence-electron chi connectivity index (χ2n) is 5.58. The highest BCUT2D eigenvalue weighted by molar-refractivity contribution is 6.47. The van der Waals surface area contributed by atoms with Crippen LogP contribution in [0.15, 0.2) is 47.6 Å². The van der Waals surface area contributed by atoms with Gasteiger partial charge >= 0.3 is 5.97 Å². The molecule has 2 aromatic rings. The Hall–Kier alpha value is -3.22. The molecule has 24 heavy (non-hydrogen) atoms. The molecule has 0 aromatic heterocycles. The Labute approximate surface area is 136 Å². The molecule has 120 valence electrons. The van der Waals surface area contributed by atoms with E-state index in [1.807, 2.05) is 30.3 Å². The molecule has 2 aliphatic rings. The lowest BCUT2D eigenvalue weighted by Crippen LogP contribution is -2.36. The van der Waals surface area contributed by atoms with Crippen molar-refractivity contribution in [3.63, 3.8) is 0 Å². The third kappa shape index (κ3) is 1.84. The summed E-state index contributed by atoms with van der Waals surface area (Å²) in [5.41, 5.74) is 3.02. The molecule has 2 heterocycles. The highest BCUT2D eigenvalue weighted by Crippen LogP contribution is 2.34. The van der Waals surface area contributed by atoms with E-state index in [-0.39, 0.29) is 5.71 Å². The molecule has 0 radical (unpaired) electrons. The number of ether oxygens (including phenoxy) is 1. The maximum absolute atomic E-state index is 12.8. The van der Waals surface area contributed by atoms with Crippen LogP contribution in [0.2, 0.25) is 0 Å². The van der Waals surface area contributed by atoms with Crippen LogP contribution in [-0.2, 0) is 19.1 Å². The zero-order valence-electron chi connectivity index (χ0n) is 12.7. The van der Waals surface area contributed by atoms with E-state index >= 15 is 0 Å². The average Bonchev–Trinajstić information content (AvgIpc) is 3.15. The molecule has 1 saturated heterocycles. The predicted molar refractivity (Wildman–Crippen MR) is 86.3 cm³/mol. The minimum absolute atomic E-state index is 0.0661. The van der Waals surface area contributed by atoms with Crippen LogP contribution < -0.4 is 10.3 Å². The van der Waals surface area contributed by atoms with E-state index < -0.39 is 29.7 Å². The lowest BCUT2D eigenvalue weighted by Gasteiger charge is -2.17. The lowest BCUT2D eigenvalue weighted by atomic mass is 9.99. The number of nitrogens with zero attached hydrogens (tertiary/aromatic N) is 2. The number of nitrogens with one attached hydrogen (secondary N) is 1. The first-order valence-corrected chi connectivity index (χ1v) is 7.40. The molecule has 0 bridgehead atoms. The quantitative estimate of drug-likeness (QED) is 0.653. The number of hydrogen-bond donors (Lipinski definition) is 1. The molecule has 4 rings (SSSR count). The van der Waals surface area contributed by atoms with Gasteiger partial charge in [-0.15, -0.1) is 0 Å². The van der Waals surface area contributed by atoms with Gasteiger partial charge in [-0.25, -0.2) is 9.69 Å². The topological polar surface area (TPSA) is 88.1 Å². The summed E-state index contributed by atoms with van der Waals surface area (Å²) in [6, 6.07) is 12.0. The third-order valence-electron chi connectivity index (χ3n) is 4.33. The number of amides is 2. The van der Waals surface area contributed by atoms with Crippen LogP contribution >= 0.6 is 0 Å². The third-order valence-corrected chi connectivity index (χ3v) is 4.33. The Kier molecular flexibility index (Phi) is 3.09. The molecule has 0 unspecified atom stereocenters. The summed E-state index contributed by atoms with van der Waals surface area (Å²) in [7, 11) is 1.21. The standard InChI is InChI=1S/C17H13N3O4/c1-24-17(23)14-12-13(18-19-14)16(22)20(15(12)21)11-8-4-6-9-5-2-3-7-10(9)11/h2-8,12-13,18H,1H3/t12-,13-/m1/s1. The van der Waals surface area contributed by atoms with E-state index in [9.17, 15) is 14.4 Å². The number of hydrogen-bond acceptors (Lipinski definition) is 6. The van der Waals surface area contributed by atoms with Gasteiger partial charge in [-0.05, 0) is 11.5 Å². The van der Waals surface area contributed by atoms with Crippen LogP contribution in [-0.4, -0.2) is 36.6 Å². The first-order valence-electron chi connectivity index (χ1n) is 7.40. The summed E-state index contributed by atoms with van der Waals surface area (Å²) in [6.07, 6.45) is 0. The average molecular weight is 323 g/mol. The number of anilines is 1. The monoisotopic (exact) mass is 323 g/mol. The first-order chi connectivity index (χ1) is 11.6. The van der Waals surface area contributed by atoms with Gasteiger partial charge in [-0.2, -0.15) is 5.10 Å². The maximum Gasteiger partial charge on any atom is 0.355 e. The zero-order valence-corrected chi connectivity index (χ0v) is 12.7. The van der Waals surface area contributed by atoms with E-state index in [2.05, 4.69) is 15.3 Å². The number of fused-ring (bicyclic) bond motifs is 2. The molecule has 1 N–H and O–H groups in total. The largest absolute Gasteiger partial charge is 0.464 e. The molecule has 1 fully saturated rings. The molecule has 0 saturated carbocycles. The van der Waals surface area contributed by atoms with Crippen molar-refractivity contribution in [1.29, 1.82) is 0 Å². The lowest BCUT2D eigenvalue weighted by molar-refractivity contribution is -0.133. The van der Waals surface area contributed by atoms with E-state index in [0.29, 0.717) is 5.69 Å². The van der Waals surface area contributed by atoms with Crippen LogP contribution in [0.25, 0.3) is 10.8 Å². The number of carbonyl (C=O) groups excluding carboxylic acids is 3. The highest BCUT2D eigenvalue weighted by Gasteiger charge is 2.55. The van der Waals surface area contributed by atoms with Crippen molar-refractivity contribution in [1.82, 2.24) is 5.43 Å². The van der Waals surface area contributed by atoms with Gasteiger partial charge in [0.25, 0.3) is 5.91 Å². The second-order valence-corrected chi connectivity index (χ2v) is 5.58. The predicted octanol–water partition coefficient (Wildman–Crippen LogP) is 0.830. The fraction of sp³-hybridized carbons (Fsp3) is 0.176. The van der Waals surface area contributed by atoms with Crippen LogP contribution in [0, 0.1) is 5.92 Å². The van der Waals surface area contributed by atoms with Crippen molar-refractivity contribution >= 4 is 40.0 Å². The Balaban J connectivity index is 1.81. The molecular formula is C17H13N3O4. The van der Waals surface area contributed by atoms with Crippen LogP contribution in [0.4, 0.5) is 5.69 Å². The number of esters is 1. The summed E-state index contributed by atoms with van der Waals surface area (Å²) < 4.78 is 4.65. The van der Waals surface area contributed by atoms with E-state index in [1.54, 1.807) is 12.1 Å². The zero-order chi connectivity index (χ0) is 16.8. The fourth-order valence-electron chi connectivity index (χ4n) is 3.20. The van der Waals surface area contributed by atoms with Gasteiger partial charge in [0, 0.05) is 5.39 Å².